The van der Waals surface area contributed by atoms with Crippen molar-refractivity contribution < 1.29 is 32.5 Å². The summed E-state index contributed by atoms with van der Waals surface area (Å²) in [4.78, 5) is 25.7. The summed E-state index contributed by atoms with van der Waals surface area (Å²) in [6.45, 7) is 0.426. The number of aliphatic hydroxyl groups is 1. The molecule has 0 radical (unpaired) electrons. The van der Waals surface area contributed by atoms with E-state index in [-0.39, 0.29) is 18.0 Å². The normalized spacial score (nSPS) is 19.4. The molecule has 1 fully saturated rings. The number of carbonyl (C=O) groups is 1. The monoisotopic (exact) mass is 528 g/mol. The van der Waals surface area contributed by atoms with Gasteiger partial charge in [-0.15, -0.1) is 13.2 Å². The van der Waals surface area contributed by atoms with Crippen LogP contribution in [0.3, 0.4) is 0 Å². The van der Waals surface area contributed by atoms with Gasteiger partial charge in [-0.2, -0.15) is 0 Å². The van der Waals surface area contributed by atoms with E-state index in [1.165, 1.54) is 37.6 Å². The highest BCUT2D eigenvalue weighted by Gasteiger charge is 2.40. The maximum Gasteiger partial charge on any atom is 0.573 e. The number of amides is 1. The van der Waals surface area contributed by atoms with E-state index in [2.05, 4.69) is 30.3 Å². The Morgan fingerprint density at radius 1 is 1.16 bits per heavy atom. The molecule has 13 heteroatoms. The number of carbonyl (C=O) groups excluding carboxylic acids is 1. The van der Waals surface area contributed by atoms with Crippen molar-refractivity contribution in [3.8, 4) is 17.1 Å². The Morgan fingerprint density at radius 2 is 1.89 bits per heavy atom. The summed E-state index contributed by atoms with van der Waals surface area (Å²) in [7, 11) is 1.45. The van der Waals surface area contributed by atoms with Crippen molar-refractivity contribution >= 4 is 22.9 Å². The summed E-state index contributed by atoms with van der Waals surface area (Å²) in [5, 5.41) is 16.1. The zero-order chi connectivity index (χ0) is 26.9. The average Bonchev–Trinajstić information content (AvgIpc) is 3.50. The van der Waals surface area contributed by atoms with Crippen molar-refractivity contribution in [2.24, 2.45) is 0 Å². The number of hydrogen-bond acceptors (Lipinski definition) is 8. The van der Waals surface area contributed by atoms with E-state index in [0.29, 0.717) is 29.1 Å². The predicted octanol–water partition coefficient (Wildman–Crippen LogP) is 3.40. The SMILES string of the molecule is CNC(=O)[C@H]1O[C@@H](n2cnc3c(NCc4ccccc4)nc(-c4ccc(OC(F)(F)F)cc4)nc32)C[C@@H]1O. The highest BCUT2D eigenvalue weighted by molar-refractivity contribution is 5.85. The summed E-state index contributed by atoms with van der Waals surface area (Å²) in [5.74, 6) is -0.214. The van der Waals surface area contributed by atoms with Crippen LogP contribution in [0.15, 0.2) is 60.9 Å². The Labute approximate surface area is 214 Å². The summed E-state index contributed by atoms with van der Waals surface area (Å²) >= 11 is 0. The number of halogens is 3. The zero-order valence-electron chi connectivity index (χ0n) is 20.0. The van der Waals surface area contributed by atoms with Gasteiger partial charge in [-0.1, -0.05) is 30.3 Å². The van der Waals surface area contributed by atoms with E-state index >= 15 is 0 Å². The maximum atomic E-state index is 12.6. The minimum atomic E-state index is -4.81. The number of hydrogen-bond donors (Lipinski definition) is 3. The number of ether oxygens (including phenoxy) is 2. The minimum Gasteiger partial charge on any atom is -0.406 e. The molecule has 0 bridgehead atoms. The van der Waals surface area contributed by atoms with Crippen LogP contribution in [0.1, 0.15) is 18.2 Å². The molecular weight excluding hydrogens is 505 g/mol. The third-order valence-corrected chi connectivity index (χ3v) is 5.98. The van der Waals surface area contributed by atoms with Crippen molar-refractivity contribution in [3.05, 3.63) is 66.5 Å². The van der Waals surface area contributed by atoms with Gasteiger partial charge >= 0.3 is 6.36 Å². The fraction of sp³-hybridized carbons (Fsp3) is 0.280. The number of fused-ring (bicyclic) bond motifs is 1. The quantitative estimate of drug-likeness (QED) is 0.334. The van der Waals surface area contributed by atoms with E-state index in [4.69, 9.17) is 4.74 Å². The van der Waals surface area contributed by atoms with E-state index < -0.39 is 30.7 Å². The molecule has 1 aliphatic rings. The zero-order valence-corrected chi connectivity index (χ0v) is 20.0. The van der Waals surface area contributed by atoms with Gasteiger partial charge < -0.3 is 25.2 Å². The molecule has 3 heterocycles. The van der Waals surface area contributed by atoms with E-state index in [9.17, 15) is 23.1 Å². The smallest absolute Gasteiger partial charge is 0.406 e. The molecule has 1 amide bonds. The van der Waals surface area contributed by atoms with Gasteiger partial charge in [-0.3, -0.25) is 9.36 Å². The van der Waals surface area contributed by atoms with Crippen LogP contribution in [0.5, 0.6) is 5.75 Å². The standard InChI is InChI=1S/C25H23F3N6O4/c1-29-24(36)20-17(35)11-18(37-20)34-13-31-19-22(30-12-14-5-3-2-4-6-14)32-21(33-23(19)34)15-7-9-16(10-8-15)38-25(26,27)28/h2-10,13,17-18,20,35H,11-12H2,1H3,(H,29,36)(H,30,32,33)/t17-,18+,20-/m0/s1. The van der Waals surface area contributed by atoms with Crippen molar-refractivity contribution in [3.63, 3.8) is 0 Å². The van der Waals surface area contributed by atoms with Gasteiger partial charge in [0.1, 0.15) is 12.0 Å². The fourth-order valence-electron chi connectivity index (χ4n) is 4.17. The largest absolute Gasteiger partial charge is 0.573 e. The predicted molar refractivity (Wildman–Crippen MR) is 130 cm³/mol. The van der Waals surface area contributed by atoms with Crippen LogP contribution in [0.4, 0.5) is 19.0 Å². The second kappa shape index (κ2) is 10.3. The molecule has 1 saturated heterocycles. The molecule has 4 aromatic rings. The number of benzene rings is 2. The van der Waals surface area contributed by atoms with E-state index in [0.717, 1.165) is 5.56 Å². The number of anilines is 1. The fourth-order valence-corrected chi connectivity index (χ4v) is 4.17. The Bertz CT molecular complexity index is 1430. The molecule has 0 saturated carbocycles. The van der Waals surface area contributed by atoms with Crippen LogP contribution >= 0.6 is 0 Å². The van der Waals surface area contributed by atoms with Gasteiger partial charge in [0.2, 0.25) is 0 Å². The van der Waals surface area contributed by atoms with Crippen molar-refractivity contribution in [1.82, 2.24) is 24.8 Å². The molecule has 0 unspecified atom stereocenters. The highest BCUT2D eigenvalue weighted by Crippen LogP contribution is 2.34. The maximum absolute atomic E-state index is 12.6. The number of imidazole rings is 1. The number of aromatic nitrogens is 4. The van der Waals surface area contributed by atoms with Crippen LogP contribution < -0.4 is 15.4 Å². The summed E-state index contributed by atoms with van der Waals surface area (Å²) < 4.78 is 49.1. The topological polar surface area (TPSA) is 123 Å². The Kier molecular flexibility index (Phi) is 6.87. The number of nitrogens with one attached hydrogen (secondary N) is 2. The first-order valence-electron chi connectivity index (χ1n) is 11.7. The van der Waals surface area contributed by atoms with Crippen LogP contribution in [0.25, 0.3) is 22.6 Å². The Morgan fingerprint density at radius 3 is 2.58 bits per heavy atom. The summed E-state index contributed by atoms with van der Waals surface area (Å²) in [6.07, 6.45) is -6.02. The van der Waals surface area contributed by atoms with Crippen LogP contribution in [-0.4, -0.2) is 56.2 Å². The molecule has 3 N–H and O–H groups in total. The number of nitrogens with zero attached hydrogens (tertiary/aromatic N) is 4. The lowest BCUT2D eigenvalue weighted by Crippen LogP contribution is -2.38. The van der Waals surface area contributed by atoms with E-state index in [1.807, 2.05) is 30.3 Å². The number of likely N-dealkylation sites (N-methyl/N-ethyl adjacent to an activating group) is 1. The molecule has 38 heavy (non-hydrogen) atoms. The van der Waals surface area contributed by atoms with Gasteiger partial charge in [-0.25, -0.2) is 15.0 Å². The first-order chi connectivity index (χ1) is 18.2. The second-order valence-corrected chi connectivity index (χ2v) is 8.56. The molecule has 1 aliphatic heterocycles. The number of alkyl halides is 3. The minimum absolute atomic E-state index is 0.124. The number of aliphatic hydroxyl groups excluding tert-OH is 1. The first kappa shape index (κ1) is 25.4. The molecule has 0 spiro atoms. The van der Waals surface area contributed by atoms with Crippen LogP contribution in [0.2, 0.25) is 0 Å². The van der Waals surface area contributed by atoms with Gasteiger partial charge in [0.05, 0.1) is 12.4 Å². The van der Waals surface area contributed by atoms with Crippen molar-refractivity contribution in [2.75, 3.05) is 12.4 Å². The van der Waals surface area contributed by atoms with Gasteiger partial charge in [0.15, 0.2) is 28.9 Å². The molecule has 0 aliphatic carbocycles. The molecule has 3 atom stereocenters. The van der Waals surface area contributed by atoms with Gasteiger partial charge in [-0.05, 0) is 29.8 Å². The molecule has 10 nitrogen and oxygen atoms in total. The summed E-state index contributed by atoms with van der Waals surface area (Å²) in [5.41, 5.74) is 2.20. The molecule has 2 aromatic heterocycles. The molecule has 5 rings (SSSR count). The van der Waals surface area contributed by atoms with Gasteiger partial charge in [0, 0.05) is 25.6 Å². The van der Waals surface area contributed by atoms with Crippen molar-refractivity contribution in [1.29, 1.82) is 0 Å². The van der Waals surface area contributed by atoms with Crippen LogP contribution in [-0.2, 0) is 16.1 Å². The Balaban J connectivity index is 1.52. The first-order valence-corrected chi connectivity index (χ1v) is 11.7. The van der Waals surface area contributed by atoms with E-state index in [1.54, 1.807) is 4.57 Å². The number of rotatable bonds is 7. The lowest BCUT2D eigenvalue weighted by Gasteiger charge is -2.15. The average molecular weight is 528 g/mol. The van der Waals surface area contributed by atoms with Crippen molar-refractivity contribution in [2.45, 2.75) is 37.8 Å². The highest BCUT2D eigenvalue weighted by atomic mass is 19.4. The molecule has 198 valence electrons. The second-order valence-electron chi connectivity index (χ2n) is 8.56. The lowest BCUT2D eigenvalue weighted by atomic mass is 10.1. The molecular formula is C25H23F3N6O4. The van der Waals surface area contributed by atoms with Crippen LogP contribution in [0, 0.1) is 0 Å². The molecule has 2 aromatic carbocycles. The van der Waals surface area contributed by atoms with Gasteiger partial charge in [0.25, 0.3) is 5.91 Å². The third-order valence-electron chi connectivity index (χ3n) is 5.98. The summed E-state index contributed by atoms with van der Waals surface area (Å²) in [6, 6.07) is 14.8. The lowest BCUT2D eigenvalue weighted by molar-refractivity contribution is -0.274. The Hall–Kier alpha value is -4.23. The third kappa shape index (κ3) is 5.38.